The zero-order chi connectivity index (χ0) is 18.4. The zero-order valence-electron chi connectivity index (χ0n) is 16.0. The summed E-state index contributed by atoms with van der Waals surface area (Å²) in [5.74, 6) is 2.39. The molecule has 1 unspecified atom stereocenters. The first kappa shape index (κ1) is 22.9. The van der Waals surface area contributed by atoms with E-state index in [1.54, 1.807) is 24.3 Å². The lowest BCUT2D eigenvalue weighted by Crippen LogP contribution is -2.44. The van der Waals surface area contributed by atoms with E-state index in [-0.39, 0.29) is 24.0 Å². The number of aryl methyl sites for hydroxylation is 1. The van der Waals surface area contributed by atoms with Gasteiger partial charge in [-0.1, -0.05) is 13.8 Å². The summed E-state index contributed by atoms with van der Waals surface area (Å²) in [6.45, 7) is 11.4. The molecule has 2 aromatic heterocycles. The van der Waals surface area contributed by atoms with Crippen LogP contribution >= 0.6 is 35.3 Å². The Bertz CT molecular complexity index is 710. The van der Waals surface area contributed by atoms with Crippen LogP contribution in [0.2, 0.25) is 0 Å². The number of nitrogens with one attached hydrogen (secondary N) is 2. The van der Waals surface area contributed by atoms with Gasteiger partial charge in [-0.2, -0.15) is 0 Å². The summed E-state index contributed by atoms with van der Waals surface area (Å²) < 4.78 is 5.54. The molecule has 6 nitrogen and oxygen atoms in total. The van der Waals surface area contributed by atoms with E-state index < -0.39 is 5.60 Å². The summed E-state index contributed by atoms with van der Waals surface area (Å²) >= 11 is 1.67. The molecule has 2 heterocycles. The molecule has 0 aromatic carbocycles. The zero-order valence-corrected chi connectivity index (χ0v) is 19.1. The van der Waals surface area contributed by atoms with E-state index >= 15 is 0 Å². The van der Waals surface area contributed by atoms with Crippen molar-refractivity contribution in [2.75, 3.05) is 13.1 Å². The van der Waals surface area contributed by atoms with Crippen LogP contribution in [-0.2, 0) is 12.1 Å². The molecule has 0 radical (unpaired) electrons. The van der Waals surface area contributed by atoms with E-state index in [2.05, 4.69) is 34.5 Å². The Morgan fingerprint density at radius 2 is 2.12 bits per heavy atom. The molecule has 0 saturated heterocycles. The maximum Gasteiger partial charge on any atom is 0.191 e. The first-order valence-electron chi connectivity index (χ1n) is 8.57. The molecule has 3 N–H and O–H groups in total. The molecule has 1 atom stereocenters. The van der Waals surface area contributed by atoms with Gasteiger partial charge in [-0.3, -0.25) is 0 Å². The molecule has 8 heteroatoms. The van der Waals surface area contributed by atoms with Gasteiger partial charge in [-0.15, -0.1) is 35.3 Å². The van der Waals surface area contributed by atoms with Gasteiger partial charge < -0.3 is 20.2 Å². The molecule has 146 valence electrons. The number of nitrogens with zero attached hydrogens (tertiary/aromatic N) is 2. The molecule has 0 aliphatic heterocycles. The topological polar surface area (TPSA) is 82.7 Å². The minimum atomic E-state index is -1.12. The van der Waals surface area contributed by atoms with Crippen LogP contribution < -0.4 is 10.6 Å². The van der Waals surface area contributed by atoms with Crippen LogP contribution in [0.4, 0.5) is 0 Å². The van der Waals surface area contributed by atoms with E-state index in [0.717, 1.165) is 23.0 Å². The number of furan rings is 1. The monoisotopic (exact) mass is 492 g/mol. The Balaban J connectivity index is 0.00000338. The number of aliphatic hydroxyl groups is 1. The highest BCUT2D eigenvalue weighted by atomic mass is 127. The fourth-order valence-corrected chi connectivity index (χ4v) is 3.06. The number of thiazole rings is 1. The number of guanidine groups is 1. The van der Waals surface area contributed by atoms with Gasteiger partial charge in [0.2, 0.25) is 0 Å². The molecule has 0 bridgehead atoms. The van der Waals surface area contributed by atoms with Crippen molar-refractivity contribution in [2.24, 2.45) is 4.99 Å². The summed E-state index contributed by atoms with van der Waals surface area (Å²) in [6, 6.07) is 3.64. The smallest absolute Gasteiger partial charge is 0.191 e. The highest BCUT2D eigenvalue weighted by molar-refractivity contribution is 14.0. The van der Waals surface area contributed by atoms with Gasteiger partial charge in [0.15, 0.2) is 5.96 Å². The molecule has 0 aliphatic carbocycles. The van der Waals surface area contributed by atoms with E-state index in [4.69, 9.17) is 4.42 Å². The number of halogens is 1. The molecule has 0 spiro atoms. The fourth-order valence-electron chi connectivity index (χ4n) is 2.23. The predicted octanol–water partition coefficient (Wildman–Crippen LogP) is 3.75. The SMILES string of the molecule is CCNC(=NCc1csc(C(C)C)n1)NCC(C)(O)c1ccc(C)o1.I. The molecule has 0 aliphatic rings. The number of hydrogen-bond donors (Lipinski definition) is 3. The van der Waals surface area contributed by atoms with Gasteiger partial charge in [-0.05, 0) is 32.9 Å². The summed E-state index contributed by atoms with van der Waals surface area (Å²) in [4.78, 5) is 9.15. The third kappa shape index (κ3) is 6.55. The van der Waals surface area contributed by atoms with E-state index in [1.165, 1.54) is 0 Å². The molecular formula is C18H29IN4O2S. The number of aliphatic imine (C=N–C) groups is 1. The molecular weight excluding hydrogens is 463 g/mol. The van der Waals surface area contributed by atoms with Crippen LogP contribution in [0.25, 0.3) is 0 Å². The van der Waals surface area contributed by atoms with Gasteiger partial charge in [0, 0.05) is 17.8 Å². The van der Waals surface area contributed by atoms with Crippen LogP contribution in [-0.4, -0.2) is 29.1 Å². The molecule has 26 heavy (non-hydrogen) atoms. The Morgan fingerprint density at radius 3 is 2.65 bits per heavy atom. The second kappa shape index (κ2) is 10.3. The Hall–Kier alpha value is -1.13. The largest absolute Gasteiger partial charge is 0.463 e. The first-order chi connectivity index (χ1) is 11.8. The van der Waals surface area contributed by atoms with E-state index in [9.17, 15) is 5.11 Å². The predicted molar refractivity (Wildman–Crippen MR) is 117 cm³/mol. The number of rotatable bonds is 7. The quantitative estimate of drug-likeness (QED) is 0.312. The van der Waals surface area contributed by atoms with Crippen LogP contribution in [0.3, 0.4) is 0 Å². The van der Waals surface area contributed by atoms with Crippen LogP contribution in [0.5, 0.6) is 0 Å². The minimum absolute atomic E-state index is 0. The molecule has 0 saturated carbocycles. The Morgan fingerprint density at radius 1 is 1.38 bits per heavy atom. The second-order valence-corrected chi connectivity index (χ2v) is 7.45. The van der Waals surface area contributed by atoms with Gasteiger partial charge in [0.1, 0.15) is 17.1 Å². The normalized spacial score (nSPS) is 14.0. The van der Waals surface area contributed by atoms with Crippen molar-refractivity contribution in [1.29, 1.82) is 0 Å². The summed E-state index contributed by atoms with van der Waals surface area (Å²) in [5.41, 5.74) is -0.157. The minimum Gasteiger partial charge on any atom is -0.463 e. The van der Waals surface area contributed by atoms with Crippen molar-refractivity contribution in [3.8, 4) is 0 Å². The summed E-state index contributed by atoms with van der Waals surface area (Å²) in [6.07, 6.45) is 0. The lowest BCUT2D eigenvalue weighted by Gasteiger charge is -2.22. The number of aromatic nitrogens is 1. The molecule has 2 aromatic rings. The van der Waals surface area contributed by atoms with Gasteiger partial charge in [0.05, 0.1) is 23.8 Å². The highest BCUT2D eigenvalue weighted by Crippen LogP contribution is 2.22. The maximum absolute atomic E-state index is 10.6. The Kier molecular flexibility index (Phi) is 9.05. The molecule has 0 fully saturated rings. The standard InChI is InChI=1S/C18H28N4O2S.HI/c1-6-19-17(20-9-14-10-25-16(22-14)12(2)3)21-11-18(5,23)15-8-7-13(4)24-15;/h7-8,10,12,23H,6,9,11H2,1-5H3,(H2,19,20,21);1H. The summed E-state index contributed by atoms with van der Waals surface area (Å²) in [7, 11) is 0. The van der Waals surface area contributed by atoms with Gasteiger partial charge >= 0.3 is 0 Å². The third-order valence-electron chi connectivity index (χ3n) is 3.68. The van der Waals surface area contributed by atoms with Gasteiger partial charge in [-0.25, -0.2) is 9.98 Å². The highest BCUT2D eigenvalue weighted by Gasteiger charge is 2.27. The lowest BCUT2D eigenvalue weighted by atomic mass is 10.0. The second-order valence-electron chi connectivity index (χ2n) is 6.56. The summed E-state index contributed by atoms with van der Waals surface area (Å²) in [5, 5.41) is 20.1. The van der Waals surface area contributed by atoms with Crippen LogP contribution in [0.15, 0.2) is 26.9 Å². The molecule has 2 rings (SSSR count). The molecule has 0 amide bonds. The van der Waals surface area contributed by atoms with E-state index in [1.807, 2.05) is 25.3 Å². The van der Waals surface area contributed by atoms with E-state index in [0.29, 0.717) is 30.7 Å². The third-order valence-corrected chi connectivity index (χ3v) is 4.87. The number of hydrogen-bond acceptors (Lipinski definition) is 5. The van der Waals surface area contributed by atoms with Crippen LogP contribution in [0, 0.1) is 6.92 Å². The lowest BCUT2D eigenvalue weighted by molar-refractivity contribution is 0.0378. The van der Waals surface area contributed by atoms with Crippen molar-refractivity contribution in [3.63, 3.8) is 0 Å². The maximum atomic E-state index is 10.6. The van der Waals surface area contributed by atoms with Crippen molar-refractivity contribution >= 4 is 41.3 Å². The van der Waals surface area contributed by atoms with Crippen molar-refractivity contribution < 1.29 is 9.52 Å². The first-order valence-corrected chi connectivity index (χ1v) is 9.45. The van der Waals surface area contributed by atoms with Crippen molar-refractivity contribution in [3.05, 3.63) is 39.7 Å². The fraction of sp³-hybridized carbons (Fsp3) is 0.556. The average molecular weight is 492 g/mol. The average Bonchev–Trinajstić information content (AvgIpc) is 3.19. The van der Waals surface area contributed by atoms with Crippen molar-refractivity contribution in [1.82, 2.24) is 15.6 Å². The van der Waals surface area contributed by atoms with Crippen LogP contribution in [0.1, 0.15) is 55.8 Å². The Labute approximate surface area is 176 Å². The van der Waals surface area contributed by atoms with Crippen molar-refractivity contribution in [2.45, 2.75) is 52.7 Å². The van der Waals surface area contributed by atoms with Gasteiger partial charge in [0.25, 0.3) is 0 Å².